The Morgan fingerprint density at radius 2 is 2.10 bits per heavy atom. The number of rotatable bonds is 4. The first-order valence-corrected chi connectivity index (χ1v) is 6.53. The van der Waals surface area contributed by atoms with Crippen molar-refractivity contribution in [1.82, 2.24) is 10.1 Å². The molecule has 2 heterocycles. The van der Waals surface area contributed by atoms with E-state index in [9.17, 15) is 0 Å². The van der Waals surface area contributed by atoms with Crippen molar-refractivity contribution in [3.63, 3.8) is 0 Å². The number of fused-ring (bicyclic) bond motifs is 1. The first-order valence-electron chi connectivity index (χ1n) is 6.53. The van der Waals surface area contributed by atoms with Gasteiger partial charge >= 0.3 is 0 Å². The fourth-order valence-corrected chi connectivity index (χ4v) is 2.14. The number of aromatic nitrogens is 2. The predicted molar refractivity (Wildman–Crippen MR) is 71.5 cm³/mol. The maximum absolute atomic E-state index is 6.27. The van der Waals surface area contributed by atoms with E-state index in [1.807, 2.05) is 25.1 Å². The zero-order valence-corrected chi connectivity index (χ0v) is 11.5. The second-order valence-electron chi connectivity index (χ2n) is 5.24. The third kappa shape index (κ3) is 2.46. The molecule has 1 atom stereocenters. The molecule has 0 bridgehead atoms. The van der Waals surface area contributed by atoms with Crippen LogP contribution in [0.15, 0.2) is 22.7 Å². The van der Waals surface area contributed by atoms with Gasteiger partial charge in [0.05, 0.1) is 5.54 Å². The van der Waals surface area contributed by atoms with Gasteiger partial charge in [0.25, 0.3) is 0 Å². The summed E-state index contributed by atoms with van der Waals surface area (Å²) in [5.41, 5.74) is 6.80. The Kier molecular flexibility index (Phi) is 3.10. The minimum Gasteiger partial charge on any atom is -0.454 e. The van der Waals surface area contributed by atoms with Gasteiger partial charge in [0.15, 0.2) is 17.3 Å². The summed E-state index contributed by atoms with van der Waals surface area (Å²) in [6.07, 6.45) is 1.52. The van der Waals surface area contributed by atoms with E-state index in [0.29, 0.717) is 18.1 Å². The highest BCUT2D eigenvalue weighted by Gasteiger charge is 2.27. The molecule has 6 heteroatoms. The molecule has 20 heavy (non-hydrogen) atoms. The largest absolute Gasteiger partial charge is 0.454 e. The zero-order valence-electron chi connectivity index (χ0n) is 11.5. The van der Waals surface area contributed by atoms with Crippen LogP contribution in [0.3, 0.4) is 0 Å². The molecular formula is C14H17N3O3. The minimum atomic E-state index is -0.617. The van der Waals surface area contributed by atoms with E-state index in [1.165, 1.54) is 0 Å². The number of benzene rings is 1. The van der Waals surface area contributed by atoms with E-state index < -0.39 is 5.54 Å². The lowest BCUT2D eigenvalue weighted by Gasteiger charge is -2.20. The fraction of sp³-hybridized carbons (Fsp3) is 0.429. The molecule has 0 saturated heterocycles. The Labute approximate surface area is 116 Å². The van der Waals surface area contributed by atoms with Gasteiger partial charge < -0.3 is 19.7 Å². The second kappa shape index (κ2) is 4.79. The summed E-state index contributed by atoms with van der Waals surface area (Å²) in [6, 6.07) is 5.93. The summed E-state index contributed by atoms with van der Waals surface area (Å²) in [5.74, 6) is 2.64. The van der Waals surface area contributed by atoms with Crippen LogP contribution in [0.25, 0.3) is 0 Å². The number of nitrogens with two attached hydrogens (primary N) is 1. The van der Waals surface area contributed by atoms with E-state index >= 15 is 0 Å². The third-order valence-electron chi connectivity index (χ3n) is 3.41. The molecule has 0 saturated carbocycles. The summed E-state index contributed by atoms with van der Waals surface area (Å²) < 4.78 is 15.6. The van der Waals surface area contributed by atoms with Gasteiger partial charge in [-0.1, -0.05) is 11.2 Å². The first-order chi connectivity index (χ1) is 9.54. The second-order valence-corrected chi connectivity index (χ2v) is 5.24. The van der Waals surface area contributed by atoms with Crippen molar-refractivity contribution in [2.45, 2.75) is 32.2 Å². The fourth-order valence-electron chi connectivity index (χ4n) is 2.14. The Morgan fingerprint density at radius 3 is 2.85 bits per heavy atom. The summed E-state index contributed by atoms with van der Waals surface area (Å²) in [6.45, 7) is 3.95. The quantitative estimate of drug-likeness (QED) is 0.917. The Bertz CT molecular complexity index is 622. The summed E-state index contributed by atoms with van der Waals surface area (Å²) in [4.78, 5) is 4.21. The van der Waals surface area contributed by atoms with E-state index in [4.69, 9.17) is 19.7 Å². The van der Waals surface area contributed by atoms with Crippen LogP contribution in [0.4, 0.5) is 0 Å². The van der Waals surface area contributed by atoms with Crippen LogP contribution in [0.1, 0.15) is 30.6 Å². The third-order valence-corrected chi connectivity index (χ3v) is 3.41. The monoisotopic (exact) mass is 275 g/mol. The smallest absolute Gasteiger partial charge is 0.231 e. The first kappa shape index (κ1) is 12.9. The van der Waals surface area contributed by atoms with E-state index in [0.717, 1.165) is 23.5 Å². The molecule has 1 unspecified atom stereocenters. The Hall–Kier alpha value is -2.08. The average Bonchev–Trinajstić information content (AvgIpc) is 3.04. The van der Waals surface area contributed by atoms with Crippen molar-refractivity contribution < 1.29 is 14.0 Å². The van der Waals surface area contributed by atoms with Crippen LogP contribution >= 0.6 is 0 Å². The molecule has 6 nitrogen and oxygen atoms in total. The molecule has 106 valence electrons. The van der Waals surface area contributed by atoms with Gasteiger partial charge in [-0.3, -0.25) is 0 Å². The standard InChI is InChI=1S/C14H17N3O3/c1-9-16-13(17-20-9)14(2,15)6-5-10-3-4-11-12(7-10)19-8-18-11/h3-4,7H,5-6,8,15H2,1-2H3. The summed E-state index contributed by atoms with van der Waals surface area (Å²) in [5, 5.41) is 3.90. The highest BCUT2D eigenvalue weighted by atomic mass is 16.7. The maximum atomic E-state index is 6.27. The van der Waals surface area contributed by atoms with Gasteiger partial charge in [0.1, 0.15) is 0 Å². The highest BCUT2D eigenvalue weighted by molar-refractivity contribution is 5.44. The van der Waals surface area contributed by atoms with Crippen LogP contribution in [-0.2, 0) is 12.0 Å². The van der Waals surface area contributed by atoms with E-state index in [1.54, 1.807) is 6.92 Å². The SMILES string of the molecule is Cc1nc(C(C)(N)CCc2ccc3c(c2)OCO3)no1. The van der Waals surface area contributed by atoms with Crippen molar-refractivity contribution in [3.05, 3.63) is 35.5 Å². The lowest BCUT2D eigenvalue weighted by molar-refractivity contribution is 0.174. The molecule has 1 aromatic heterocycles. The molecule has 3 rings (SSSR count). The lowest BCUT2D eigenvalue weighted by Crippen LogP contribution is -2.34. The Balaban J connectivity index is 1.69. The van der Waals surface area contributed by atoms with Crippen LogP contribution in [0, 0.1) is 6.92 Å². The van der Waals surface area contributed by atoms with E-state index in [2.05, 4.69) is 10.1 Å². The van der Waals surface area contributed by atoms with Crippen molar-refractivity contribution in [2.75, 3.05) is 6.79 Å². The van der Waals surface area contributed by atoms with E-state index in [-0.39, 0.29) is 6.79 Å². The molecule has 2 aromatic rings. The van der Waals surface area contributed by atoms with Gasteiger partial charge in [0, 0.05) is 6.92 Å². The predicted octanol–water partition coefficient (Wildman–Crippen LogP) is 1.91. The molecule has 1 aromatic carbocycles. The maximum Gasteiger partial charge on any atom is 0.231 e. The van der Waals surface area contributed by atoms with Crippen LogP contribution in [0.5, 0.6) is 11.5 Å². The number of hydrogen-bond donors (Lipinski definition) is 1. The molecule has 2 N–H and O–H groups in total. The van der Waals surface area contributed by atoms with Gasteiger partial charge in [-0.15, -0.1) is 0 Å². The van der Waals surface area contributed by atoms with Crippen LogP contribution in [0.2, 0.25) is 0 Å². The summed E-state index contributed by atoms with van der Waals surface area (Å²) >= 11 is 0. The average molecular weight is 275 g/mol. The van der Waals surface area contributed by atoms with Crippen molar-refractivity contribution >= 4 is 0 Å². The molecule has 0 fully saturated rings. The van der Waals surface area contributed by atoms with Crippen LogP contribution in [-0.4, -0.2) is 16.9 Å². The molecular weight excluding hydrogens is 258 g/mol. The van der Waals surface area contributed by atoms with Gasteiger partial charge in [-0.25, -0.2) is 0 Å². The minimum absolute atomic E-state index is 0.287. The molecule has 0 aliphatic carbocycles. The highest BCUT2D eigenvalue weighted by Crippen LogP contribution is 2.33. The van der Waals surface area contributed by atoms with Crippen LogP contribution < -0.4 is 15.2 Å². The molecule has 1 aliphatic rings. The van der Waals surface area contributed by atoms with Crippen molar-refractivity contribution in [3.8, 4) is 11.5 Å². The van der Waals surface area contributed by atoms with Gasteiger partial charge in [-0.2, -0.15) is 4.98 Å². The molecule has 0 radical (unpaired) electrons. The number of nitrogens with zero attached hydrogens (tertiary/aromatic N) is 2. The van der Waals surface area contributed by atoms with Crippen molar-refractivity contribution in [2.24, 2.45) is 5.73 Å². The van der Waals surface area contributed by atoms with Gasteiger partial charge in [-0.05, 0) is 37.5 Å². The number of ether oxygens (including phenoxy) is 2. The molecule has 1 aliphatic heterocycles. The summed E-state index contributed by atoms with van der Waals surface area (Å²) in [7, 11) is 0. The molecule has 0 amide bonds. The van der Waals surface area contributed by atoms with Gasteiger partial charge in [0.2, 0.25) is 12.7 Å². The van der Waals surface area contributed by atoms with Crippen molar-refractivity contribution in [1.29, 1.82) is 0 Å². The molecule has 0 spiro atoms. The zero-order chi connectivity index (χ0) is 14.2. The number of aryl methyl sites for hydroxylation is 2. The number of hydrogen-bond acceptors (Lipinski definition) is 6. The topological polar surface area (TPSA) is 83.4 Å². The normalized spacial score (nSPS) is 16.1. The lowest BCUT2D eigenvalue weighted by atomic mass is 9.93. The Morgan fingerprint density at radius 1 is 1.30 bits per heavy atom.